The van der Waals surface area contributed by atoms with Gasteiger partial charge in [0, 0.05) is 16.6 Å². The Morgan fingerprint density at radius 3 is 2.30 bits per heavy atom. The summed E-state index contributed by atoms with van der Waals surface area (Å²) in [6, 6.07) is 12.9. The largest absolute Gasteiger partial charge is 0.507 e. The topological polar surface area (TPSA) is 87.1 Å². The molecule has 1 unspecified atom stereocenters. The van der Waals surface area contributed by atoms with Crippen LogP contribution in [0.3, 0.4) is 0 Å². The summed E-state index contributed by atoms with van der Waals surface area (Å²) in [6.45, 7) is -0.298. The van der Waals surface area contributed by atoms with Gasteiger partial charge in [-0.15, -0.1) is 0 Å². The number of β-amino-alcohol motifs (C(OH)–C–C–N with tert-alkyl or cyclic N) is 1. The molecule has 0 saturated carbocycles. The summed E-state index contributed by atoms with van der Waals surface area (Å²) in [5.41, 5.74) is 1.07. The molecule has 0 bridgehead atoms. The van der Waals surface area contributed by atoms with E-state index in [2.05, 4.69) is 15.9 Å². The molecule has 7 heteroatoms. The minimum atomic E-state index is -0.773. The fourth-order valence-corrected chi connectivity index (χ4v) is 3.38. The smallest absolute Gasteiger partial charge is 0.295 e. The fraction of sp³-hybridized carbons (Fsp3) is 0.200. The number of methoxy groups -OCH3 is 1. The van der Waals surface area contributed by atoms with E-state index in [1.54, 1.807) is 48.5 Å². The predicted molar refractivity (Wildman–Crippen MR) is 103 cm³/mol. The van der Waals surface area contributed by atoms with Crippen LogP contribution in [0.15, 0.2) is 58.6 Å². The van der Waals surface area contributed by atoms with E-state index in [1.165, 1.54) is 12.0 Å². The summed E-state index contributed by atoms with van der Waals surface area (Å²) in [6.07, 6.45) is 0. The molecule has 2 aromatic carbocycles. The minimum Gasteiger partial charge on any atom is -0.507 e. The highest BCUT2D eigenvalue weighted by molar-refractivity contribution is 9.10. The molecule has 2 aromatic rings. The minimum absolute atomic E-state index is 0.000870. The number of aliphatic hydroxyl groups is 2. The van der Waals surface area contributed by atoms with Gasteiger partial charge in [-0.3, -0.25) is 9.59 Å². The van der Waals surface area contributed by atoms with E-state index in [0.717, 1.165) is 4.47 Å². The van der Waals surface area contributed by atoms with Gasteiger partial charge in [0.1, 0.15) is 11.5 Å². The summed E-state index contributed by atoms with van der Waals surface area (Å²) in [5, 5.41) is 20.1. The van der Waals surface area contributed by atoms with Gasteiger partial charge in [0.15, 0.2) is 0 Å². The van der Waals surface area contributed by atoms with Crippen LogP contribution in [0.5, 0.6) is 5.75 Å². The van der Waals surface area contributed by atoms with E-state index in [1.807, 2.05) is 0 Å². The molecule has 1 saturated heterocycles. The highest BCUT2D eigenvalue weighted by atomic mass is 79.9. The van der Waals surface area contributed by atoms with Crippen molar-refractivity contribution in [2.75, 3.05) is 20.3 Å². The molecule has 27 heavy (non-hydrogen) atoms. The van der Waals surface area contributed by atoms with Gasteiger partial charge in [-0.05, 0) is 42.0 Å². The van der Waals surface area contributed by atoms with Crippen molar-refractivity contribution in [3.8, 4) is 5.75 Å². The van der Waals surface area contributed by atoms with E-state index < -0.39 is 17.7 Å². The maximum Gasteiger partial charge on any atom is 0.295 e. The Balaban J connectivity index is 2.14. The highest BCUT2D eigenvalue weighted by Crippen LogP contribution is 2.39. The van der Waals surface area contributed by atoms with Crippen molar-refractivity contribution in [2.24, 2.45) is 0 Å². The second-order valence-electron chi connectivity index (χ2n) is 6.00. The first-order chi connectivity index (χ1) is 13.0. The van der Waals surface area contributed by atoms with E-state index >= 15 is 0 Å². The summed E-state index contributed by atoms with van der Waals surface area (Å²) in [4.78, 5) is 26.4. The van der Waals surface area contributed by atoms with Crippen molar-refractivity contribution >= 4 is 33.4 Å². The molecule has 1 fully saturated rings. The average molecular weight is 432 g/mol. The number of aliphatic hydroxyl groups excluding tert-OH is 2. The van der Waals surface area contributed by atoms with Crippen LogP contribution >= 0.6 is 15.9 Å². The third kappa shape index (κ3) is 3.61. The number of carbonyl (C=O) groups excluding carboxylic acids is 2. The number of carbonyl (C=O) groups is 2. The first-order valence-corrected chi connectivity index (χ1v) is 9.06. The van der Waals surface area contributed by atoms with Crippen molar-refractivity contribution in [3.63, 3.8) is 0 Å². The quantitative estimate of drug-likeness (QED) is 0.431. The highest BCUT2D eigenvalue weighted by Gasteiger charge is 2.45. The van der Waals surface area contributed by atoms with Gasteiger partial charge < -0.3 is 19.8 Å². The average Bonchev–Trinajstić information content (AvgIpc) is 2.93. The Bertz CT molecular complexity index is 890. The van der Waals surface area contributed by atoms with Crippen molar-refractivity contribution in [1.82, 2.24) is 4.90 Å². The number of halogens is 1. The van der Waals surface area contributed by atoms with Crippen LogP contribution in [0, 0.1) is 0 Å². The van der Waals surface area contributed by atoms with Crippen LogP contribution in [0.4, 0.5) is 0 Å². The molecule has 1 atom stereocenters. The Hall–Kier alpha value is -2.64. The molecule has 2 N–H and O–H groups in total. The normalized spacial score (nSPS) is 18.8. The lowest BCUT2D eigenvalue weighted by molar-refractivity contribution is -0.140. The molecular weight excluding hydrogens is 414 g/mol. The molecule has 0 aromatic heterocycles. The standard InChI is InChI=1S/C20H18BrNO5/c1-27-15-8-4-13(5-9-15)18(24)16-17(12-2-6-14(21)7-3-12)22(10-11-23)20(26)19(16)25/h2-9,17,23-24H,10-11H2,1H3. The van der Waals surface area contributed by atoms with Crippen LogP contribution < -0.4 is 4.74 Å². The maximum absolute atomic E-state index is 12.7. The van der Waals surface area contributed by atoms with Crippen LogP contribution in [0.2, 0.25) is 0 Å². The summed E-state index contributed by atoms with van der Waals surface area (Å²) >= 11 is 3.36. The van der Waals surface area contributed by atoms with Crippen LogP contribution in [0.25, 0.3) is 5.76 Å². The number of rotatable bonds is 5. The van der Waals surface area contributed by atoms with Gasteiger partial charge in [-0.25, -0.2) is 0 Å². The number of benzene rings is 2. The number of amides is 1. The lowest BCUT2D eigenvalue weighted by Gasteiger charge is -2.24. The Morgan fingerprint density at radius 2 is 1.74 bits per heavy atom. The molecule has 0 aliphatic carbocycles. The second-order valence-corrected chi connectivity index (χ2v) is 6.91. The molecule has 1 amide bonds. The number of hydrogen-bond acceptors (Lipinski definition) is 5. The molecule has 3 rings (SSSR count). The molecule has 1 heterocycles. The summed E-state index contributed by atoms with van der Waals surface area (Å²) in [7, 11) is 1.53. The molecule has 6 nitrogen and oxygen atoms in total. The molecule has 140 valence electrons. The summed E-state index contributed by atoms with van der Waals surface area (Å²) < 4.78 is 5.95. The SMILES string of the molecule is COc1ccc(C(O)=C2C(=O)C(=O)N(CCO)C2c2ccc(Br)cc2)cc1. The number of Topliss-reactive ketones (excluding diaryl/α,β-unsaturated/α-hetero) is 1. The van der Waals surface area contributed by atoms with E-state index in [4.69, 9.17) is 4.74 Å². The summed E-state index contributed by atoms with van der Waals surface area (Å²) in [5.74, 6) is -1.17. The Labute approximate surface area is 164 Å². The lowest BCUT2D eigenvalue weighted by atomic mass is 9.95. The van der Waals surface area contributed by atoms with Crippen molar-refractivity contribution in [1.29, 1.82) is 0 Å². The lowest BCUT2D eigenvalue weighted by Crippen LogP contribution is -2.32. The molecule has 0 spiro atoms. The predicted octanol–water partition coefficient (Wildman–Crippen LogP) is 2.87. The second kappa shape index (κ2) is 7.94. The van der Waals surface area contributed by atoms with Crippen molar-refractivity contribution < 1.29 is 24.5 Å². The molecular formula is C20H18BrNO5. The monoisotopic (exact) mass is 431 g/mol. The third-order valence-electron chi connectivity index (χ3n) is 4.43. The maximum atomic E-state index is 12.7. The van der Waals surface area contributed by atoms with Gasteiger partial charge in [0.05, 0.1) is 25.3 Å². The van der Waals surface area contributed by atoms with Crippen LogP contribution in [-0.4, -0.2) is 47.1 Å². The number of nitrogens with zero attached hydrogens (tertiary/aromatic N) is 1. The van der Waals surface area contributed by atoms with Gasteiger partial charge in [-0.1, -0.05) is 28.1 Å². The Kier molecular flexibility index (Phi) is 5.62. The number of hydrogen-bond donors (Lipinski definition) is 2. The van der Waals surface area contributed by atoms with Gasteiger partial charge in [0.25, 0.3) is 11.7 Å². The zero-order valence-electron chi connectivity index (χ0n) is 14.6. The van der Waals surface area contributed by atoms with Gasteiger partial charge in [-0.2, -0.15) is 0 Å². The first-order valence-electron chi connectivity index (χ1n) is 8.27. The van der Waals surface area contributed by atoms with Crippen LogP contribution in [0.1, 0.15) is 17.2 Å². The molecule has 1 aliphatic rings. The van der Waals surface area contributed by atoms with E-state index in [-0.39, 0.29) is 24.5 Å². The molecule has 0 radical (unpaired) electrons. The van der Waals surface area contributed by atoms with Gasteiger partial charge in [0.2, 0.25) is 0 Å². The number of likely N-dealkylation sites (tertiary alicyclic amines) is 1. The first kappa shape index (κ1) is 19.1. The molecule has 1 aliphatic heterocycles. The van der Waals surface area contributed by atoms with Crippen molar-refractivity contribution in [2.45, 2.75) is 6.04 Å². The van der Waals surface area contributed by atoms with Gasteiger partial charge >= 0.3 is 0 Å². The van der Waals surface area contributed by atoms with Crippen molar-refractivity contribution in [3.05, 3.63) is 69.7 Å². The number of ether oxygens (including phenoxy) is 1. The van der Waals surface area contributed by atoms with E-state index in [0.29, 0.717) is 16.9 Å². The zero-order valence-corrected chi connectivity index (χ0v) is 16.1. The van der Waals surface area contributed by atoms with E-state index in [9.17, 15) is 19.8 Å². The fourth-order valence-electron chi connectivity index (χ4n) is 3.11. The number of ketones is 1. The third-order valence-corrected chi connectivity index (χ3v) is 4.96. The van der Waals surface area contributed by atoms with Crippen LogP contribution in [-0.2, 0) is 9.59 Å². The Morgan fingerprint density at radius 1 is 1.11 bits per heavy atom. The zero-order chi connectivity index (χ0) is 19.6.